The van der Waals surface area contributed by atoms with Crippen LogP contribution in [0.1, 0.15) is 42.5 Å². The van der Waals surface area contributed by atoms with Gasteiger partial charge in [0.1, 0.15) is 4.83 Å². The normalized spacial score (nSPS) is 16.5. The standard InChI is InChI=1S/C23H23N3O3S2/c27-18-12-7-13-25(18)19(28)14-30-23-24-21-20(16-10-5-2-6-11-17(16)31-21)22(29)26(23)15-8-3-1-4-9-15/h1,3-4,8-9H,2,5-7,10-14H2. The van der Waals surface area contributed by atoms with Crippen molar-refractivity contribution in [3.8, 4) is 5.69 Å². The minimum atomic E-state index is -0.219. The number of aryl methyl sites for hydroxylation is 2. The second-order valence-corrected chi connectivity index (χ2v) is 9.97. The van der Waals surface area contributed by atoms with Crippen molar-refractivity contribution in [2.24, 2.45) is 0 Å². The van der Waals surface area contributed by atoms with Crippen LogP contribution < -0.4 is 5.56 Å². The molecule has 0 spiro atoms. The second-order valence-electron chi connectivity index (χ2n) is 7.95. The van der Waals surface area contributed by atoms with Gasteiger partial charge in [0.2, 0.25) is 11.8 Å². The first-order valence-electron chi connectivity index (χ1n) is 10.7. The molecule has 1 fully saturated rings. The van der Waals surface area contributed by atoms with Crippen molar-refractivity contribution in [2.75, 3.05) is 12.3 Å². The summed E-state index contributed by atoms with van der Waals surface area (Å²) in [7, 11) is 0. The van der Waals surface area contributed by atoms with Crippen molar-refractivity contribution >= 4 is 45.1 Å². The van der Waals surface area contributed by atoms with Crippen molar-refractivity contribution < 1.29 is 9.59 Å². The van der Waals surface area contributed by atoms with Crippen LogP contribution in [0.3, 0.4) is 0 Å². The number of amides is 2. The molecule has 3 heterocycles. The Morgan fingerprint density at radius 1 is 1.03 bits per heavy atom. The van der Waals surface area contributed by atoms with Gasteiger partial charge in [-0.25, -0.2) is 4.98 Å². The Hall–Kier alpha value is -2.45. The topological polar surface area (TPSA) is 72.3 Å². The highest BCUT2D eigenvalue weighted by atomic mass is 32.2. The number of thiophene rings is 1. The molecule has 8 heteroatoms. The third-order valence-electron chi connectivity index (χ3n) is 5.92. The summed E-state index contributed by atoms with van der Waals surface area (Å²) >= 11 is 2.85. The molecule has 2 amide bonds. The lowest BCUT2D eigenvalue weighted by atomic mass is 10.1. The Kier molecular flexibility index (Phi) is 5.67. The first-order chi connectivity index (χ1) is 15.1. The lowest BCUT2D eigenvalue weighted by Crippen LogP contribution is -2.33. The van der Waals surface area contributed by atoms with E-state index in [9.17, 15) is 14.4 Å². The fraction of sp³-hybridized carbons (Fsp3) is 0.391. The quantitative estimate of drug-likeness (QED) is 0.340. The molecule has 0 N–H and O–H groups in total. The van der Waals surface area contributed by atoms with Gasteiger partial charge in [-0.3, -0.25) is 23.9 Å². The summed E-state index contributed by atoms with van der Waals surface area (Å²) in [5, 5.41) is 1.23. The molecular weight excluding hydrogens is 430 g/mol. The van der Waals surface area contributed by atoms with Crippen LogP contribution in [0.4, 0.5) is 0 Å². The minimum Gasteiger partial charge on any atom is -0.282 e. The number of aromatic nitrogens is 2. The van der Waals surface area contributed by atoms with E-state index in [0.29, 0.717) is 18.1 Å². The van der Waals surface area contributed by atoms with Crippen LogP contribution in [0, 0.1) is 0 Å². The fourth-order valence-corrected chi connectivity index (χ4v) is 6.57. The van der Waals surface area contributed by atoms with Crippen molar-refractivity contribution in [1.29, 1.82) is 0 Å². The number of fused-ring (bicyclic) bond motifs is 3. The van der Waals surface area contributed by atoms with Crippen LogP contribution >= 0.6 is 23.1 Å². The molecule has 2 aromatic heterocycles. The summed E-state index contributed by atoms with van der Waals surface area (Å²) in [4.78, 5) is 46.4. The molecule has 0 bridgehead atoms. The van der Waals surface area contributed by atoms with Gasteiger partial charge in [-0.05, 0) is 49.8 Å². The maximum atomic E-state index is 13.7. The van der Waals surface area contributed by atoms with Crippen LogP contribution in [0.15, 0.2) is 40.3 Å². The number of nitrogens with zero attached hydrogens (tertiary/aromatic N) is 3. The number of carbonyl (C=O) groups excluding carboxylic acids is 2. The zero-order valence-electron chi connectivity index (χ0n) is 17.1. The summed E-state index contributed by atoms with van der Waals surface area (Å²) in [5.74, 6) is -0.249. The zero-order chi connectivity index (χ0) is 21.4. The Labute approximate surface area is 188 Å². The van der Waals surface area contributed by atoms with Crippen molar-refractivity contribution in [3.05, 3.63) is 51.1 Å². The maximum absolute atomic E-state index is 13.7. The number of hydrogen-bond donors (Lipinski definition) is 0. The van der Waals surface area contributed by atoms with E-state index in [1.54, 1.807) is 15.9 Å². The Balaban J connectivity index is 1.58. The molecule has 3 aromatic rings. The Bertz CT molecular complexity index is 1220. The van der Waals surface area contributed by atoms with E-state index < -0.39 is 0 Å². The highest BCUT2D eigenvalue weighted by molar-refractivity contribution is 7.99. The second kappa shape index (κ2) is 8.59. The molecule has 2 aliphatic rings. The van der Waals surface area contributed by atoms with Gasteiger partial charge in [-0.2, -0.15) is 0 Å². The third-order valence-corrected chi connectivity index (χ3v) is 8.03. The number of rotatable bonds is 4. The number of imide groups is 1. The average Bonchev–Trinajstić information content (AvgIpc) is 3.28. The van der Waals surface area contributed by atoms with Gasteiger partial charge in [0.25, 0.3) is 5.56 Å². The highest BCUT2D eigenvalue weighted by Crippen LogP contribution is 2.34. The zero-order valence-corrected chi connectivity index (χ0v) is 18.8. The molecule has 1 aliphatic heterocycles. The first kappa shape index (κ1) is 20.5. The number of para-hydroxylation sites is 1. The van der Waals surface area contributed by atoms with Crippen LogP contribution in [0.2, 0.25) is 0 Å². The van der Waals surface area contributed by atoms with Gasteiger partial charge < -0.3 is 0 Å². The van der Waals surface area contributed by atoms with Gasteiger partial charge in [0.05, 0.1) is 16.8 Å². The summed E-state index contributed by atoms with van der Waals surface area (Å²) in [5.41, 5.74) is 1.83. The highest BCUT2D eigenvalue weighted by Gasteiger charge is 2.27. The van der Waals surface area contributed by atoms with Crippen LogP contribution in [0.25, 0.3) is 15.9 Å². The molecular formula is C23H23N3O3S2. The largest absolute Gasteiger partial charge is 0.282 e. The van der Waals surface area contributed by atoms with Crippen LogP contribution in [-0.2, 0) is 22.4 Å². The molecule has 31 heavy (non-hydrogen) atoms. The predicted octanol–water partition coefficient (Wildman–Crippen LogP) is 3.96. The van der Waals surface area contributed by atoms with E-state index in [1.165, 1.54) is 28.0 Å². The van der Waals surface area contributed by atoms with E-state index in [1.807, 2.05) is 30.3 Å². The van der Waals surface area contributed by atoms with Crippen LogP contribution in [-0.4, -0.2) is 38.6 Å². The van der Waals surface area contributed by atoms with Crippen molar-refractivity contribution in [1.82, 2.24) is 14.5 Å². The molecule has 0 saturated carbocycles. The molecule has 0 radical (unpaired) electrons. The van der Waals surface area contributed by atoms with E-state index in [4.69, 9.17) is 4.98 Å². The van der Waals surface area contributed by atoms with Gasteiger partial charge in [-0.1, -0.05) is 36.4 Å². The molecule has 1 aromatic carbocycles. The SMILES string of the molecule is O=C1CCCN1C(=O)CSc1nc2sc3c(c2c(=O)n1-c1ccccc1)CCCCC3. The van der Waals surface area contributed by atoms with Gasteiger partial charge in [-0.15, -0.1) is 11.3 Å². The van der Waals surface area contributed by atoms with Gasteiger partial charge in [0.15, 0.2) is 5.16 Å². The number of carbonyl (C=O) groups is 2. The number of likely N-dealkylation sites (tertiary alicyclic amines) is 1. The van der Waals surface area contributed by atoms with Gasteiger partial charge in [0, 0.05) is 17.8 Å². The summed E-state index contributed by atoms with van der Waals surface area (Å²) in [6, 6.07) is 9.46. The molecule has 0 unspecified atom stereocenters. The fourth-order valence-electron chi connectivity index (χ4n) is 4.38. The number of thioether (sulfide) groups is 1. The lowest BCUT2D eigenvalue weighted by molar-refractivity contribution is -0.140. The third kappa shape index (κ3) is 3.83. The van der Waals surface area contributed by atoms with Crippen molar-refractivity contribution in [2.45, 2.75) is 50.1 Å². The monoisotopic (exact) mass is 453 g/mol. The Morgan fingerprint density at radius 3 is 2.61 bits per heavy atom. The van der Waals surface area contributed by atoms with E-state index in [-0.39, 0.29) is 23.1 Å². The molecule has 6 nitrogen and oxygen atoms in total. The first-order valence-corrected chi connectivity index (χ1v) is 12.5. The van der Waals surface area contributed by atoms with E-state index >= 15 is 0 Å². The smallest absolute Gasteiger partial charge is 0.267 e. The van der Waals surface area contributed by atoms with Crippen LogP contribution in [0.5, 0.6) is 0 Å². The lowest BCUT2D eigenvalue weighted by Gasteiger charge is -2.15. The average molecular weight is 454 g/mol. The Morgan fingerprint density at radius 2 is 1.84 bits per heavy atom. The minimum absolute atomic E-state index is 0.0669. The molecule has 160 valence electrons. The van der Waals surface area contributed by atoms with Gasteiger partial charge >= 0.3 is 0 Å². The molecule has 0 atom stereocenters. The summed E-state index contributed by atoms with van der Waals surface area (Å²) in [6.45, 7) is 0.480. The maximum Gasteiger partial charge on any atom is 0.267 e. The molecule has 5 rings (SSSR count). The molecule has 1 saturated heterocycles. The summed E-state index contributed by atoms with van der Waals surface area (Å²) in [6.07, 6.45) is 6.49. The molecule has 1 aliphatic carbocycles. The predicted molar refractivity (Wildman–Crippen MR) is 123 cm³/mol. The number of hydrogen-bond acceptors (Lipinski definition) is 6. The summed E-state index contributed by atoms with van der Waals surface area (Å²) < 4.78 is 1.63. The number of benzene rings is 1. The van der Waals surface area contributed by atoms with E-state index in [2.05, 4.69) is 0 Å². The van der Waals surface area contributed by atoms with Crippen molar-refractivity contribution in [3.63, 3.8) is 0 Å². The van der Waals surface area contributed by atoms with E-state index in [0.717, 1.165) is 53.6 Å².